The van der Waals surface area contributed by atoms with Gasteiger partial charge in [0, 0.05) is 5.56 Å². The predicted octanol–water partition coefficient (Wildman–Crippen LogP) is 3.17. The SMILES string of the molecule is COc1ccc(C(N)c2ccccc2OC)cc1.Cl. The molecule has 4 heteroatoms. The molecule has 2 aromatic rings. The second-order valence-electron chi connectivity index (χ2n) is 3.99. The molecule has 0 spiro atoms. The zero-order chi connectivity index (χ0) is 13.0. The lowest BCUT2D eigenvalue weighted by Crippen LogP contribution is -2.12. The third-order valence-corrected chi connectivity index (χ3v) is 2.95. The van der Waals surface area contributed by atoms with Gasteiger partial charge >= 0.3 is 0 Å². The lowest BCUT2D eigenvalue weighted by Gasteiger charge is -2.16. The van der Waals surface area contributed by atoms with E-state index in [0.29, 0.717) is 0 Å². The highest BCUT2D eigenvalue weighted by molar-refractivity contribution is 5.85. The number of methoxy groups -OCH3 is 2. The van der Waals surface area contributed by atoms with Gasteiger partial charge in [0.15, 0.2) is 0 Å². The smallest absolute Gasteiger partial charge is 0.123 e. The molecule has 102 valence electrons. The van der Waals surface area contributed by atoms with Gasteiger partial charge in [-0.3, -0.25) is 0 Å². The zero-order valence-electron chi connectivity index (χ0n) is 11.0. The van der Waals surface area contributed by atoms with Gasteiger partial charge < -0.3 is 15.2 Å². The van der Waals surface area contributed by atoms with Gasteiger partial charge in [-0.25, -0.2) is 0 Å². The van der Waals surface area contributed by atoms with Gasteiger partial charge in [0.2, 0.25) is 0 Å². The molecular weight excluding hydrogens is 262 g/mol. The third kappa shape index (κ3) is 3.40. The fourth-order valence-electron chi connectivity index (χ4n) is 1.91. The van der Waals surface area contributed by atoms with Crippen LogP contribution in [0, 0.1) is 0 Å². The summed E-state index contributed by atoms with van der Waals surface area (Å²) in [5.41, 5.74) is 8.27. The Morgan fingerprint density at radius 1 is 0.895 bits per heavy atom. The maximum Gasteiger partial charge on any atom is 0.123 e. The van der Waals surface area contributed by atoms with Gasteiger partial charge in [-0.1, -0.05) is 30.3 Å². The zero-order valence-corrected chi connectivity index (χ0v) is 11.8. The van der Waals surface area contributed by atoms with Crippen LogP contribution in [0.3, 0.4) is 0 Å². The second kappa shape index (κ2) is 7.02. The Morgan fingerprint density at radius 2 is 1.53 bits per heavy atom. The van der Waals surface area contributed by atoms with E-state index in [-0.39, 0.29) is 18.4 Å². The van der Waals surface area contributed by atoms with E-state index in [9.17, 15) is 0 Å². The van der Waals surface area contributed by atoms with E-state index in [1.807, 2.05) is 48.5 Å². The van der Waals surface area contributed by atoms with Crippen LogP contribution in [0.15, 0.2) is 48.5 Å². The molecule has 0 amide bonds. The summed E-state index contributed by atoms with van der Waals surface area (Å²) in [4.78, 5) is 0. The second-order valence-corrected chi connectivity index (χ2v) is 3.99. The highest BCUT2D eigenvalue weighted by atomic mass is 35.5. The van der Waals surface area contributed by atoms with E-state index < -0.39 is 0 Å². The fourth-order valence-corrected chi connectivity index (χ4v) is 1.91. The summed E-state index contributed by atoms with van der Waals surface area (Å²) in [5, 5.41) is 0. The monoisotopic (exact) mass is 279 g/mol. The van der Waals surface area contributed by atoms with Gasteiger partial charge in [-0.2, -0.15) is 0 Å². The summed E-state index contributed by atoms with van der Waals surface area (Å²) in [6.45, 7) is 0. The van der Waals surface area contributed by atoms with E-state index in [1.54, 1.807) is 14.2 Å². The minimum absolute atomic E-state index is 0. The molecule has 0 saturated carbocycles. The van der Waals surface area contributed by atoms with Gasteiger partial charge in [0.05, 0.1) is 20.3 Å². The molecule has 0 aliphatic carbocycles. The number of halogens is 1. The van der Waals surface area contributed by atoms with Crippen molar-refractivity contribution in [1.82, 2.24) is 0 Å². The van der Waals surface area contributed by atoms with Crippen molar-refractivity contribution in [2.24, 2.45) is 5.73 Å². The van der Waals surface area contributed by atoms with E-state index in [2.05, 4.69) is 0 Å². The largest absolute Gasteiger partial charge is 0.497 e. The lowest BCUT2D eigenvalue weighted by atomic mass is 9.99. The molecule has 1 unspecified atom stereocenters. The maximum atomic E-state index is 6.26. The molecule has 0 radical (unpaired) electrons. The number of rotatable bonds is 4. The van der Waals surface area contributed by atoms with Crippen LogP contribution in [-0.4, -0.2) is 14.2 Å². The molecule has 1 atom stereocenters. The minimum Gasteiger partial charge on any atom is -0.497 e. The third-order valence-electron chi connectivity index (χ3n) is 2.95. The van der Waals surface area contributed by atoms with Crippen molar-refractivity contribution in [3.8, 4) is 11.5 Å². The topological polar surface area (TPSA) is 44.5 Å². The Balaban J connectivity index is 0.00000180. The number of hydrogen-bond donors (Lipinski definition) is 1. The molecule has 0 heterocycles. The summed E-state index contributed by atoms with van der Waals surface area (Å²) in [5.74, 6) is 1.63. The summed E-state index contributed by atoms with van der Waals surface area (Å²) in [7, 11) is 3.30. The van der Waals surface area contributed by atoms with Crippen LogP contribution in [0.5, 0.6) is 11.5 Å². The molecular formula is C15H18ClNO2. The average Bonchev–Trinajstić information content (AvgIpc) is 2.46. The van der Waals surface area contributed by atoms with Crippen molar-refractivity contribution in [3.63, 3.8) is 0 Å². The Morgan fingerprint density at radius 3 is 2.11 bits per heavy atom. The number of hydrogen-bond acceptors (Lipinski definition) is 3. The van der Waals surface area contributed by atoms with Crippen molar-refractivity contribution in [3.05, 3.63) is 59.7 Å². The van der Waals surface area contributed by atoms with Crippen molar-refractivity contribution in [2.45, 2.75) is 6.04 Å². The van der Waals surface area contributed by atoms with Crippen LogP contribution in [0.2, 0.25) is 0 Å². The Kier molecular flexibility index (Phi) is 5.67. The Bertz CT molecular complexity index is 514. The molecule has 2 rings (SSSR count). The first kappa shape index (κ1) is 15.3. The molecule has 0 bridgehead atoms. The summed E-state index contributed by atoms with van der Waals surface area (Å²) in [6.07, 6.45) is 0. The van der Waals surface area contributed by atoms with Crippen molar-refractivity contribution >= 4 is 12.4 Å². The lowest BCUT2D eigenvalue weighted by molar-refractivity contribution is 0.407. The first-order valence-electron chi connectivity index (χ1n) is 5.78. The van der Waals surface area contributed by atoms with Gasteiger partial charge in [-0.05, 0) is 23.8 Å². The summed E-state index contributed by atoms with van der Waals surface area (Å²) >= 11 is 0. The maximum absolute atomic E-state index is 6.26. The first-order valence-corrected chi connectivity index (χ1v) is 5.78. The molecule has 19 heavy (non-hydrogen) atoms. The highest BCUT2D eigenvalue weighted by Gasteiger charge is 2.13. The van der Waals surface area contributed by atoms with Crippen LogP contribution >= 0.6 is 12.4 Å². The molecule has 2 N–H and O–H groups in total. The quantitative estimate of drug-likeness (QED) is 0.935. The fraction of sp³-hybridized carbons (Fsp3) is 0.200. The van der Waals surface area contributed by atoms with Gasteiger partial charge in [-0.15, -0.1) is 12.4 Å². The molecule has 0 aliphatic rings. The average molecular weight is 280 g/mol. The highest BCUT2D eigenvalue weighted by Crippen LogP contribution is 2.28. The van der Waals surface area contributed by atoms with Crippen molar-refractivity contribution in [1.29, 1.82) is 0 Å². The summed E-state index contributed by atoms with van der Waals surface area (Å²) < 4.78 is 10.5. The molecule has 0 saturated heterocycles. The Labute approximate surface area is 119 Å². The molecule has 0 fully saturated rings. The van der Waals surface area contributed by atoms with Crippen LogP contribution in [0.25, 0.3) is 0 Å². The van der Waals surface area contributed by atoms with Crippen LogP contribution in [0.1, 0.15) is 17.2 Å². The van der Waals surface area contributed by atoms with Crippen molar-refractivity contribution in [2.75, 3.05) is 14.2 Å². The van der Waals surface area contributed by atoms with Crippen LogP contribution in [0.4, 0.5) is 0 Å². The molecule has 0 aromatic heterocycles. The number of para-hydroxylation sites is 1. The number of ether oxygens (including phenoxy) is 2. The molecule has 2 aromatic carbocycles. The standard InChI is InChI=1S/C15H17NO2.ClH/c1-17-12-9-7-11(8-10-12)15(16)13-5-3-4-6-14(13)18-2;/h3-10,15H,16H2,1-2H3;1H. The summed E-state index contributed by atoms with van der Waals surface area (Å²) in [6, 6.07) is 15.3. The van der Waals surface area contributed by atoms with Gasteiger partial charge in [0.1, 0.15) is 11.5 Å². The first-order chi connectivity index (χ1) is 8.76. The Hall–Kier alpha value is -1.71. The molecule has 0 aliphatic heterocycles. The minimum atomic E-state index is -0.202. The van der Waals surface area contributed by atoms with E-state index in [4.69, 9.17) is 15.2 Å². The number of benzene rings is 2. The van der Waals surface area contributed by atoms with Gasteiger partial charge in [0.25, 0.3) is 0 Å². The van der Waals surface area contributed by atoms with E-state index >= 15 is 0 Å². The van der Waals surface area contributed by atoms with Crippen LogP contribution in [-0.2, 0) is 0 Å². The van der Waals surface area contributed by atoms with Crippen molar-refractivity contribution < 1.29 is 9.47 Å². The van der Waals surface area contributed by atoms with Crippen LogP contribution < -0.4 is 15.2 Å². The molecule has 3 nitrogen and oxygen atoms in total. The predicted molar refractivity (Wildman–Crippen MR) is 79.3 cm³/mol. The van der Waals surface area contributed by atoms with E-state index in [0.717, 1.165) is 22.6 Å². The number of nitrogens with two attached hydrogens (primary N) is 1. The normalized spacial score (nSPS) is 11.3. The van der Waals surface area contributed by atoms with E-state index in [1.165, 1.54) is 0 Å².